The molecule has 5 nitrogen and oxygen atoms in total. The zero-order valence-electron chi connectivity index (χ0n) is 13.4. The van der Waals surface area contributed by atoms with Gasteiger partial charge in [0.25, 0.3) is 5.91 Å². The number of anilines is 1. The highest BCUT2D eigenvalue weighted by atomic mass is 32.1. The van der Waals surface area contributed by atoms with Crippen LogP contribution in [0.3, 0.4) is 0 Å². The first-order chi connectivity index (χ1) is 11.6. The maximum Gasteiger partial charge on any atom is 0.264 e. The normalized spacial score (nSPS) is 10.4. The van der Waals surface area contributed by atoms with Crippen molar-refractivity contribution in [3.05, 3.63) is 59.2 Å². The number of carbonyl (C=O) groups is 1. The quantitative estimate of drug-likeness (QED) is 0.767. The van der Waals surface area contributed by atoms with Gasteiger partial charge in [-0.15, -0.1) is 11.3 Å². The van der Waals surface area contributed by atoms with Gasteiger partial charge in [0.05, 0.1) is 5.69 Å². The topological polar surface area (TPSA) is 64.1 Å². The Bertz CT molecular complexity index is 846. The number of aromatic nitrogens is 2. The molecule has 0 saturated heterocycles. The summed E-state index contributed by atoms with van der Waals surface area (Å²) in [6.45, 7) is 3.89. The van der Waals surface area contributed by atoms with Crippen molar-refractivity contribution in [1.82, 2.24) is 9.97 Å². The van der Waals surface area contributed by atoms with Crippen LogP contribution in [0.5, 0.6) is 5.75 Å². The van der Waals surface area contributed by atoms with Crippen molar-refractivity contribution in [1.29, 1.82) is 0 Å². The van der Waals surface area contributed by atoms with Crippen molar-refractivity contribution in [3.8, 4) is 17.0 Å². The number of hydrogen-bond donors (Lipinski definition) is 1. The zero-order chi connectivity index (χ0) is 16.9. The summed E-state index contributed by atoms with van der Waals surface area (Å²) in [5, 5.41) is 5.19. The second kappa shape index (κ2) is 7.23. The fourth-order valence-corrected chi connectivity index (χ4v) is 2.88. The number of pyridine rings is 1. The molecular weight excluding hydrogens is 322 g/mol. The molecule has 0 unspecified atom stereocenters. The summed E-state index contributed by atoms with van der Waals surface area (Å²) in [7, 11) is 0. The fourth-order valence-electron chi connectivity index (χ4n) is 2.14. The third-order valence-electron chi connectivity index (χ3n) is 3.41. The molecule has 0 saturated carbocycles. The lowest BCUT2D eigenvalue weighted by Gasteiger charge is -2.09. The van der Waals surface area contributed by atoms with Gasteiger partial charge in [-0.3, -0.25) is 15.1 Å². The molecule has 1 N–H and O–H groups in total. The molecular formula is C18H17N3O2S. The van der Waals surface area contributed by atoms with E-state index < -0.39 is 0 Å². The van der Waals surface area contributed by atoms with Gasteiger partial charge in [-0.25, -0.2) is 4.98 Å². The Morgan fingerprint density at radius 3 is 2.96 bits per heavy atom. The van der Waals surface area contributed by atoms with Gasteiger partial charge >= 0.3 is 0 Å². The minimum Gasteiger partial charge on any atom is -0.483 e. The number of thiazole rings is 1. The minimum atomic E-state index is -0.233. The predicted molar refractivity (Wildman–Crippen MR) is 95.4 cm³/mol. The summed E-state index contributed by atoms with van der Waals surface area (Å²) >= 11 is 1.37. The van der Waals surface area contributed by atoms with Crippen LogP contribution in [0.2, 0.25) is 0 Å². The van der Waals surface area contributed by atoms with Crippen LogP contribution in [0.4, 0.5) is 5.13 Å². The number of ether oxygens (including phenoxy) is 1. The molecule has 0 fully saturated rings. The highest BCUT2D eigenvalue weighted by molar-refractivity contribution is 7.14. The molecule has 122 valence electrons. The maximum absolute atomic E-state index is 12.0. The Labute approximate surface area is 144 Å². The Morgan fingerprint density at radius 2 is 2.17 bits per heavy atom. The molecule has 0 atom stereocenters. The summed E-state index contributed by atoms with van der Waals surface area (Å²) in [4.78, 5) is 20.5. The molecule has 0 spiro atoms. The van der Waals surface area contributed by atoms with Gasteiger partial charge in [0.2, 0.25) is 0 Å². The average molecular weight is 339 g/mol. The Hall–Kier alpha value is -2.73. The van der Waals surface area contributed by atoms with E-state index in [2.05, 4.69) is 15.3 Å². The molecule has 0 radical (unpaired) electrons. The standard InChI is InChI=1S/C18H17N3O2S/c1-12-5-6-13(2)16(8-12)23-10-17(22)21-18-20-15(11-24-18)14-4-3-7-19-9-14/h3-9,11H,10H2,1-2H3,(H,20,21,22). The molecule has 1 aromatic carbocycles. The van der Waals surface area contributed by atoms with Crippen LogP contribution in [0.15, 0.2) is 48.1 Å². The van der Waals surface area contributed by atoms with Crippen LogP contribution in [-0.2, 0) is 4.79 Å². The molecule has 0 aliphatic heterocycles. The fraction of sp³-hybridized carbons (Fsp3) is 0.167. The van der Waals surface area contributed by atoms with Crippen molar-refractivity contribution in [2.45, 2.75) is 13.8 Å². The first kappa shape index (κ1) is 16.1. The number of hydrogen-bond acceptors (Lipinski definition) is 5. The van der Waals surface area contributed by atoms with E-state index in [1.807, 2.05) is 49.6 Å². The van der Waals surface area contributed by atoms with Crippen LogP contribution in [0.25, 0.3) is 11.3 Å². The first-order valence-corrected chi connectivity index (χ1v) is 8.35. The first-order valence-electron chi connectivity index (χ1n) is 7.47. The van der Waals surface area contributed by atoms with Crippen LogP contribution in [0, 0.1) is 13.8 Å². The third-order valence-corrected chi connectivity index (χ3v) is 4.17. The maximum atomic E-state index is 12.0. The third kappa shape index (κ3) is 3.97. The van der Waals surface area contributed by atoms with Crippen molar-refractivity contribution >= 4 is 22.4 Å². The van der Waals surface area contributed by atoms with Gasteiger partial charge in [-0.2, -0.15) is 0 Å². The number of carbonyl (C=O) groups excluding carboxylic acids is 1. The van der Waals surface area contributed by atoms with Crippen LogP contribution < -0.4 is 10.1 Å². The predicted octanol–water partition coefficient (Wildman–Crippen LogP) is 3.84. The largest absolute Gasteiger partial charge is 0.483 e. The van der Waals surface area contributed by atoms with Crippen LogP contribution >= 0.6 is 11.3 Å². The van der Waals surface area contributed by atoms with E-state index in [0.717, 1.165) is 28.1 Å². The van der Waals surface area contributed by atoms with Crippen molar-refractivity contribution in [3.63, 3.8) is 0 Å². The molecule has 2 aromatic heterocycles. The van der Waals surface area contributed by atoms with E-state index in [0.29, 0.717) is 5.13 Å². The lowest BCUT2D eigenvalue weighted by atomic mass is 10.1. The molecule has 6 heteroatoms. The number of benzene rings is 1. The molecule has 3 aromatic rings. The number of amides is 1. The van der Waals surface area contributed by atoms with Crippen molar-refractivity contribution in [2.24, 2.45) is 0 Å². The smallest absolute Gasteiger partial charge is 0.264 e. The lowest BCUT2D eigenvalue weighted by molar-refractivity contribution is -0.118. The van der Waals surface area contributed by atoms with Gasteiger partial charge in [-0.1, -0.05) is 12.1 Å². The monoisotopic (exact) mass is 339 g/mol. The van der Waals surface area contributed by atoms with Crippen LogP contribution in [-0.4, -0.2) is 22.5 Å². The van der Waals surface area contributed by atoms with E-state index in [9.17, 15) is 4.79 Å². The van der Waals surface area contributed by atoms with Gasteiger partial charge < -0.3 is 4.74 Å². The van der Waals surface area contributed by atoms with Crippen LogP contribution in [0.1, 0.15) is 11.1 Å². The van der Waals surface area contributed by atoms with E-state index in [1.54, 1.807) is 12.4 Å². The second-order valence-electron chi connectivity index (χ2n) is 5.39. The number of rotatable bonds is 5. The van der Waals surface area contributed by atoms with E-state index in [4.69, 9.17) is 4.74 Å². The molecule has 2 heterocycles. The molecule has 3 rings (SSSR count). The molecule has 0 aliphatic carbocycles. The Kier molecular flexibility index (Phi) is 4.86. The van der Waals surface area contributed by atoms with Gasteiger partial charge in [0.15, 0.2) is 11.7 Å². The van der Waals surface area contributed by atoms with E-state index in [1.165, 1.54) is 11.3 Å². The lowest BCUT2D eigenvalue weighted by Crippen LogP contribution is -2.20. The summed E-state index contributed by atoms with van der Waals surface area (Å²) < 4.78 is 5.60. The van der Waals surface area contributed by atoms with Crippen molar-refractivity contribution < 1.29 is 9.53 Å². The summed E-state index contributed by atoms with van der Waals surface area (Å²) in [6.07, 6.45) is 3.45. The summed E-state index contributed by atoms with van der Waals surface area (Å²) in [5.74, 6) is 0.489. The van der Waals surface area contributed by atoms with Gasteiger partial charge in [0, 0.05) is 23.3 Å². The van der Waals surface area contributed by atoms with E-state index >= 15 is 0 Å². The van der Waals surface area contributed by atoms with Gasteiger partial charge in [0.1, 0.15) is 5.75 Å². The van der Waals surface area contributed by atoms with Crippen molar-refractivity contribution in [2.75, 3.05) is 11.9 Å². The van der Waals surface area contributed by atoms with E-state index in [-0.39, 0.29) is 12.5 Å². The zero-order valence-corrected chi connectivity index (χ0v) is 14.3. The molecule has 24 heavy (non-hydrogen) atoms. The highest BCUT2D eigenvalue weighted by Gasteiger charge is 2.09. The number of nitrogens with one attached hydrogen (secondary N) is 1. The number of nitrogens with zero attached hydrogens (tertiary/aromatic N) is 2. The Morgan fingerprint density at radius 1 is 1.29 bits per heavy atom. The second-order valence-corrected chi connectivity index (χ2v) is 6.24. The molecule has 0 aliphatic rings. The Balaban J connectivity index is 1.59. The SMILES string of the molecule is Cc1ccc(C)c(OCC(=O)Nc2nc(-c3cccnc3)cs2)c1. The van der Waals surface area contributed by atoms with Gasteiger partial charge in [-0.05, 0) is 43.2 Å². The summed E-state index contributed by atoms with van der Waals surface area (Å²) in [5.41, 5.74) is 3.80. The molecule has 0 bridgehead atoms. The average Bonchev–Trinajstić information content (AvgIpc) is 3.05. The summed E-state index contributed by atoms with van der Waals surface area (Å²) in [6, 6.07) is 9.69. The molecule has 1 amide bonds. The highest BCUT2D eigenvalue weighted by Crippen LogP contribution is 2.24. The number of aryl methyl sites for hydroxylation is 2. The minimum absolute atomic E-state index is 0.0495.